The summed E-state index contributed by atoms with van der Waals surface area (Å²) in [4.78, 5) is 50.3. The van der Waals surface area contributed by atoms with E-state index in [4.69, 9.17) is 11.6 Å². The predicted molar refractivity (Wildman–Crippen MR) is 116 cm³/mol. The average molecular weight is 460 g/mol. The molecule has 0 aromatic heterocycles. The summed E-state index contributed by atoms with van der Waals surface area (Å²) in [5.74, 6) is -1.43. The summed E-state index contributed by atoms with van der Waals surface area (Å²) >= 11 is 7.44. The first-order valence-corrected chi connectivity index (χ1v) is 10.6. The fraction of sp³-hybridized carbons (Fsp3) is 0.238. The first kappa shape index (κ1) is 21.2. The second-order valence-electron chi connectivity index (χ2n) is 7.02. The second-order valence-corrected chi connectivity index (χ2v) is 8.77. The molecule has 2 aliphatic rings. The van der Waals surface area contributed by atoms with E-state index in [0.29, 0.717) is 28.4 Å². The van der Waals surface area contributed by atoms with Crippen LogP contribution >= 0.6 is 23.4 Å². The van der Waals surface area contributed by atoms with E-state index in [0.717, 1.165) is 4.90 Å². The van der Waals surface area contributed by atoms with Crippen LogP contribution in [0.2, 0.25) is 5.02 Å². The van der Waals surface area contributed by atoms with Crippen molar-refractivity contribution in [2.45, 2.75) is 22.6 Å². The lowest BCUT2D eigenvalue weighted by molar-refractivity contribution is -0.139. The topological polar surface area (TPSA) is 105 Å². The molecule has 2 N–H and O–H groups in total. The van der Waals surface area contributed by atoms with Crippen molar-refractivity contribution >= 4 is 58.4 Å². The van der Waals surface area contributed by atoms with Gasteiger partial charge in [0.2, 0.25) is 5.91 Å². The molecular weight excluding hydrogens is 442 g/mol. The highest BCUT2D eigenvalue weighted by Gasteiger charge is 2.57. The number of carbonyl (C=O) groups excluding carboxylic acids is 4. The molecule has 0 saturated carbocycles. The minimum Gasteiger partial charge on any atom is -0.468 e. The van der Waals surface area contributed by atoms with Crippen LogP contribution in [0.1, 0.15) is 23.2 Å². The van der Waals surface area contributed by atoms with E-state index in [1.165, 1.54) is 35.9 Å². The molecule has 1 fully saturated rings. The summed E-state index contributed by atoms with van der Waals surface area (Å²) in [6.45, 7) is -0.234. The third-order valence-corrected chi connectivity index (χ3v) is 6.82. The Bertz CT molecular complexity index is 1090. The van der Waals surface area contributed by atoms with Gasteiger partial charge in [-0.2, -0.15) is 0 Å². The van der Waals surface area contributed by atoms with Crippen LogP contribution in [-0.4, -0.2) is 42.2 Å². The maximum atomic E-state index is 13.3. The number of halogens is 1. The Hall–Kier alpha value is -3.04. The van der Waals surface area contributed by atoms with Crippen LogP contribution in [0.4, 0.5) is 11.4 Å². The Labute approximate surface area is 187 Å². The number of benzene rings is 2. The fourth-order valence-corrected chi connectivity index (χ4v) is 5.14. The van der Waals surface area contributed by atoms with Gasteiger partial charge in [-0.05, 0) is 48.9 Å². The minimum atomic E-state index is -1.07. The maximum absolute atomic E-state index is 13.3. The smallest absolute Gasteiger partial charge is 0.325 e. The zero-order valence-corrected chi connectivity index (χ0v) is 18.0. The van der Waals surface area contributed by atoms with Gasteiger partial charge in [0, 0.05) is 27.6 Å². The molecule has 1 saturated heterocycles. The molecule has 3 amide bonds. The number of nitrogens with one attached hydrogen (secondary N) is 2. The van der Waals surface area contributed by atoms with Gasteiger partial charge in [0.15, 0.2) is 4.87 Å². The molecule has 0 spiro atoms. The fourth-order valence-electron chi connectivity index (χ4n) is 3.58. The molecule has 0 aliphatic carbocycles. The number of hydrogen-bond donors (Lipinski definition) is 2. The number of carbonyl (C=O) groups is 4. The molecule has 0 radical (unpaired) electrons. The highest BCUT2D eigenvalue weighted by atomic mass is 35.5. The molecule has 2 aliphatic heterocycles. The Kier molecular flexibility index (Phi) is 5.63. The van der Waals surface area contributed by atoms with Crippen LogP contribution in [0, 0.1) is 0 Å². The van der Waals surface area contributed by atoms with Crippen LogP contribution in [-0.2, 0) is 19.1 Å². The Morgan fingerprint density at radius 1 is 1.19 bits per heavy atom. The number of nitrogens with zero attached hydrogens (tertiary/aromatic N) is 1. The number of hydrogen-bond acceptors (Lipinski definition) is 6. The van der Waals surface area contributed by atoms with Gasteiger partial charge in [-0.25, -0.2) is 0 Å². The SMILES string of the molecule is COC(=O)CNC(=O)c1ccc(NC(=O)[C@@]23CCC(=O)N2c2cc(Cl)ccc2S3)cc1. The molecule has 0 bridgehead atoms. The minimum absolute atomic E-state index is 0.124. The normalized spacial score (nSPS) is 18.9. The van der Waals surface area contributed by atoms with Crippen LogP contribution < -0.4 is 15.5 Å². The van der Waals surface area contributed by atoms with Gasteiger partial charge in [0.1, 0.15) is 6.54 Å². The number of ether oxygens (including phenoxy) is 1. The Morgan fingerprint density at radius 2 is 1.94 bits per heavy atom. The standard InChI is InChI=1S/C21H18ClN3O5S/c1-30-18(27)11-23-19(28)12-2-5-14(6-3-12)24-20(29)21-9-8-17(26)25(21)15-10-13(22)4-7-16(15)31-21/h2-7,10H,8-9,11H2,1H3,(H,23,28)(H,24,29)/t21-/m0/s1. The van der Waals surface area contributed by atoms with Crippen molar-refractivity contribution in [1.29, 1.82) is 0 Å². The molecule has 4 rings (SSSR count). The van der Waals surface area contributed by atoms with Gasteiger partial charge < -0.3 is 15.4 Å². The maximum Gasteiger partial charge on any atom is 0.325 e. The number of amides is 3. The van der Waals surface area contributed by atoms with Crippen LogP contribution in [0.3, 0.4) is 0 Å². The number of thioether (sulfide) groups is 1. The zero-order chi connectivity index (χ0) is 22.2. The van der Waals surface area contributed by atoms with Gasteiger partial charge in [-0.3, -0.25) is 24.1 Å². The van der Waals surface area contributed by atoms with E-state index in [-0.39, 0.29) is 24.8 Å². The van der Waals surface area contributed by atoms with Crippen molar-refractivity contribution in [3.8, 4) is 0 Å². The van der Waals surface area contributed by atoms with Gasteiger partial charge in [0.25, 0.3) is 11.8 Å². The van der Waals surface area contributed by atoms with Crippen molar-refractivity contribution in [3.05, 3.63) is 53.1 Å². The number of anilines is 2. The lowest BCUT2D eigenvalue weighted by atomic mass is 10.1. The van der Waals surface area contributed by atoms with Gasteiger partial charge in [-0.1, -0.05) is 23.4 Å². The number of esters is 1. The van der Waals surface area contributed by atoms with E-state index in [2.05, 4.69) is 15.4 Å². The molecule has 1 atom stereocenters. The summed E-state index contributed by atoms with van der Waals surface area (Å²) in [5.41, 5.74) is 1.46. The third-order valence-electron chi connectivity index (χ3n) is 5.11. The molecule has 0 unspecified atom stereocenters. The Morgan fingerprint density at radius 3 is 2.65 bits per heavy atom. The largest absolute Gasteiger partial charge is 0.468 e. The van der Waals surface area contributed by atoms with Crippen molar-refractivity contribution in [2.75, 3.05) is 23.9 Å². The van der Waals surface area contributed by atoms with Crippen LogP contribution in [0.5, 0.6) is 0 Å². The summed E-state index contributed by atoms with van der Waals surface area (Å²) in [6, 6.07) is 11.5. The molecule has 8 nitrogen and oxygen atoms in total. The number of fused-ring (bicyclic) bond motifs is 3. The monoisotopic (exact) mass is 459 g/mol. The van der Waals surface area contributed by atoms with Crippen molar-refractivity contribution in [1.82, 2.24) is 5.32 Å². The first-order chi connectivity index (χ1) is 14.8. The van der Waals surface area contributed by atoms with Crippen molar-refractivity contribution < 1.29 is 23.9 Å². The molecule has 2 heterocycles. The first-order valence-electron chi connectivity index (χ1n) is 9.42. The van der Waals surface area contributed by atoms with Gasteiger partial charge in [-0.15, -0.1) is 0 Å². The molecule has 2 aromatic carbocycles. The van der Waals surface area contributed by atoms with Gasteiger partial charge >= 0.3 is 5.97 Å². The van der Waals surface area contributed by atoms with E-state index < -0.39 is 16.7 Å². The number of methoxy groups -OCH3 is 1. The summed E-state index contributed by atoms with van der Waals surface area (Å²) in [6.07, 6.45) is 0.647. The molecule has 31 heavy (non-hydrogen) atoms. The lowest BCUT2D eigenvalue weighted by Gasteiger charge is -2.29. The van der Waals surface area contributed by atoms with E-state index >= 15 is 0 Å². The third kappa shape index (κ3) is 3.86. The number of rotatable bonds is 5. The van der Waals surface area contributed by atoms with Gasteiger partial charge in [0.05, 0.1) is 12.8 Å². The van der Waals surface area contributed by atoms with E-state index in [1.807, 2.05) is 6.07 Å². The lowest BCUT2D eigenvalue weighted by Crippen LogP contribution is -2.49. The summed E-state index contributed by atoms with van der Waals surface area (Å²) in [7, 11) is 1.24. The summed E-state index contributed by atoms with van der Waals surface area (Å²) in [5, 5.41) is 5.79. The second kappa shape index (κ2) is 8.24. The van der Waals surface area contributed by atoms with E-state index in [1.54, 1.807) is 24.3 Å². The predicted octanol–water partition coefficient (Wildman–Crippen LogP) is 2.81. The Balaban J connectivity index is 1.49. The highest BCUT2D eigenvalue weighted by Crippen LogP contribution is 2.56. The average Bonchev–Trinajstić information content (AvgIpc) is 3.27. The van der Waals surface area contributed by atoms with E-state index in [9.17, 15) is 19.2 Å². The van der Waals surface area contributed by atoms with Crippen LogP contribution in [0.25, 0.3) is 0 Å². The molecular formula is C21H18ClN3O5S. The highest BCUT2D eigenvalue weighted by molar-refractivity contribution is 8.02. The van der Waals surface area contributed by atoms with Crippen LogP contribution in [0.15, 0.2) is 47.4 Å². The molecule has 10 heteroatoms. The molecule has 160 valence electrons. The quantitative estimate of drug-likeness (QED) is 0.666. The summed E-state index contributed by atoms with van der Waals surface area (Å²) < 4.78 is 4.48. The van der Waals surface area contributed by atoms with Crippen molar-refractivity contribution in [2.24, 2.45) is 0 Å². The zero-order valence-electron chi connectivity index (χ0n) is 16.4. The molecule has 2 aromatic rings. The van der Waals surface area contributed by atoms with Crippen molar-refractivity contribution in [3.63, 3.8) is 0 Å².